The molecule has 98 valence electrons. The van der Waals surface area contributed by atoms with Crippen LogP contribution in [0, 0.1) is 0 Å². The highest BCUT2D eigenvalue weighted by atomic mass is 14.8. The average molecular weight is 252 g/mol. The summed E-state index contributed by atoms with van der Waals surface area (Å²) < 4.78 is 0. The highest BCUT2D eigenvalue weighted by Gasteiger charge is 2.12. The molecule has 1 aromatic heterocycles. The maximum Gasteiger partial charge on any atom is 0.0811 e. The Morgan fingerprint density at radius 1 is 1.05 bits per heavy atom. The highest BCUT2D eigenvalue weighted by Crippen LogP contribution is 2.21. The fraction of sp³-hybridized carbons (Fsp3) is 0.294. The first-order valence-electron chi connectivity index (χ1n) is 6.56. The van der Waals surface area contributed by atoms with Gasteiger partial charge in [-0.2, -0.15) is 0 Å². The molecule has 0 unspecified atom stereocenters. The van der Waals surface area contributed by atoms with E-state index in [1.807, 2.05) is 24.4 Å². The van der Waals surface area contributed by atoms with Gasteiger partial charge >= 0.3 is 0 Å². The lowest BCUT2D eigenvalue weighted by molar-refractivity contribution is 0.590. The number of aliphatic imine (C=N–C) groups is 1. The standard InChI is InChI=1S/C17H20N2/c1-17(2,3)15-9-7-14(8-10-15)12-18-13-16-6-4-5-11-19-16/h4-12H,13H2,1-3H3/b18-12+. The zero-order valence-electron chi connectivity index (χ0n) is 11.8. The van der Waals surface area contributed by atoms with E-state index in [1.165, 1.54) is 5.56 Å². The van der Waals surface area contributed by atoms with Crippen LogP contribution < -0.4 is 0 Å². The van der Waals surface area contributed by atoms with Gasteiger partial charge in [0.25, 0.3) is 0 Å². The average Bonchev–Trinajstić information content (AvgIpc) is 2.39. The molecule has 2 nitrogen and oxygen atoms in total. The molecule has 0 aliphatic heterocycles. The number of hydrogen-bond donors (Lipinski definition) is 0. The van der Waals surface area contributed by atoms with Crippen molar-refractivity contribution in [2.45, 2.75) is 32.7 Å². The van der Waals surface area contributed by atoms with E-state index in [1.54, 1.807) is 6.20 Å². The fourth-order valence-corrected chi connectivity index (χ4v) is 1.81. The summed E-state index contributed by atoms with van der Waals surface area (Å²) in [5, 5.41) is 0. The number of nitrogens with zero attached hydrogens (tertiary/aromatic N) is 2. The Hall–Kier alpha value is -1.96. The molecule has 2 rings (SSSR count). The van der Waals surface area contributed by atoms with Crippen molar-refractivity contribution >= 4 is 6.21 Å². The van der Waals surface area contributed by atoms with E-state index in [-0.39, 0.29) is 5.41 Å². The minimum absolute atomic E-state index is 0.198. The van der Waals surface area contributed by atoms with Gasteiger partial charge in [0.05, 0.1) is 12.2 Å². The quantitative estimate of drug-likeness (QED) is 0.758. The summed E-state index contributed by atoms with van der Waals surface area (Å²) in [6.07, 6.45) is 3.70. The normalized spacial score (nSPS) is 11.9. The smallest absolute Gasteiger partial charge is 0.0811 e. The second-order valence-corrected chi connectivity index (χ2v) is 5.66. The van der Waals surface area contributed by atoms with Crippen LogP contribution in [0.15, 0.2) is 53.7 Å². The molecule has 0 atom stereocenters. The first kappa shape index (κ1) is 13.5. The summed E-state index contributed by atoms with van der Waals surface area (Å²) in [4.78, 5) is 8.66. The van der Waals surface area contributed by atoms with Crippen LogP contribution in [0.4, 0.5) is 0 Å². The van der Waals surface area contributed by atoms with Crippen LogP contribution in [-0.2, 0) is 12.0 Å². The van der Waals surface area contributed by atoms with Gasteiger partial charge in [-0.1, -0.05) is 51.1 Å². The third kappa shape index (κ3) is 4.02. The van der Waals surface area contributed by atoms with Crippen LogP contribution in [0.3, 0.4) is 0 Å². The van der Waals surface area contributed by atoms with Crippen LogP contribution in [0.25, 0.3) is 0 Å². The predicted molar refractivity (Wildman–Crippen MR) is 80.7 cm³/mol. The van der Waals surface area contributed by atoms with Gasteiger partial charge in [0.2, 0.25) is 0 Å². The monoisotopic (exact) mass is 252 g/mol. The van der Waals surface area contributed by atoms with Crippen molar-refractivity contribution in [1.82, 2.24) is 4.98 Å². The van der Waals surface area contributed by atoms with Crippen LogP contribution in [0.1, 0.15) is 37.6 Å². The molecule has 0 saturated carbocycles. The first-order chi connectivity index (χ1) is 9.05. The van der Waals surface area contributed by atoms with Gasteiger partial charge in [0.15, 0.2) is 0 Å². The molecule has 0 aliphatic rings. The molecule has 2 heteroatoms. The zero-order chi connectivity index (χ0) is 13.7. The van der Waals surface area contributed by atoms with E-state index in [2.05, 4.69) is 55.0 Å². The molecule has 0 radical (unpaired) electrons. The number of aromatic nitrogens is 1. The van der Waals surface area contributed by atoms with Gasteiger partial charge in [-0.3, -0.25) is 9.98 Å². The Morgan fingerprint density at radius 2 is 1.79 bits per heavy atom. The Labute approximate surface area is 115 Å². The molecule has 0 bridgehead atoms. The van der Waals surface area contributed by atoms with Gasteiger partial charge < -0.3 is 0 Å². The largest absolute Gasteiger partial charge is 0.286 e. The van der Waals surface area contributed by atoms with Crippen molar-refractivity contribution in [3.63, 3.8) is 0 Å². The van der Waals surface area contributed by atoms with Gasteiger partial charge in [0.1, 0.15) is 0 Å². The summed E-state index contributed by atoms with van der Waals surface area (Å²) in [6, 6.07) is 14.4. The molecular weight excluding hydrogens is 232 g/mol. The zero-order valence-corrected chi connectivity index (χ0v) is 11.8. The van der Waals surface area contributed by atoms with Crippen molar-refractivity contribution in [3.8, 4) is 0 Å². The SMILES string of the molecule is CC(C)(C)c1ccc(/C=N/Cc2ccccn2)cc1. The second-order valence-electron chi connectivity index (χ2n) is 5.66. The molecule has 1 aromatic carbocycles. The maximum absolute atomic E-state index is 4.42. The van der Waals surface area contributed by atoms with Crippen LogP contribution in [0.2, 0.25) is 0 Å². The van der Waals surface area contributed by atoms with Crippen molar-refractivity contribution in [2.24, 2.45) is 4.99 Å². The number of rotatable bonds is 3. The van der Waals surface area contributed by atoms with E-state index in [9.17, 15) is 0 Å². The second kappa shape index (κ2) is 5.79. The minimum Gasteiger partial charge on any atom is -0.286 e. The van der Waals surface area contributed by atoms with E-state index < -0.39 is 0 Å². The molecule has 0 aliphatic carbocycles. The molecule has 0 fully saturated rings. The minimum atomic E-state index is 0.198. The molecule has 0 N–H and O–H groups in total. The molecule has 0 amide bonds. The van der Waals surface area contributed by atoms with Crippen molar-refractivity contribution < 1.29 is 0 Å². The summed E-state index contributed by atoms with van der Waals surface area (Å²) in [5.41, 5.74) is 3.66. The van der Waals surface area contributed by atoms with Gasteiger partial charge in [-0.05, 0) is 28.7 Å². The van der Waals surface area contributed by atoms with Crippen LogP contribution in [0.5, 0.6) is 0 Å². The summed E-state index contributed by atoms with van der Waals surface area (Å²) >= 11 is 0. The van der Waals surface area contributed by atoms with E-state index in [4.69, 9.17) is 0 Å². The summed E-state index contributed by atoms with van der Waals surface area (Å²) in [7, 11) is 0. The van der Waals surface area contributed by atoms with Gasteiger partial charge in [0, 0.05) is 12.4 Å². The van der Waals surface area contributed by atoms with Crippen molar-refractivity contribution in [1.29, 1.82) is 0 Å². The molecular formula is C17H20N2. The topological polar surface area (TPSA) is 25.2 Å². The molecule has 0 spiro atoms. The Kier molecular flexibility index (Phi) is 4.10. The third-order valence-corrected chi connectivity index (χ3v) is 3.00. The predicted octanol–water partition coefficient (Wildman–Crippen LogP) is 4.00. The summed E-state index contributed by atoms with van der Waals surface area (Å²) in [5.74, 6) is 0. The van der Waals surface area contributed by atoms with Crippen molar-refractivity contribution in [2.75, 3.05) is 0 Å². The van der Waals surface area contributed by atoms with Crippen molar-refractivity contribution in [3.05, 3.63) is 65.5 Å². The molecule has 0 saturated heterocycles. The lowest BCUT2D eigenvalue weighted by Crippen LogP contribution is -2.10. The Morgan fingerprint density at radius 3 is 2.37 bits per heavy atom. The van der Waals surface area contributed by atoms with Crippen LogP contribution in [-0.4, -0.2) is 11.2 Å². The fourth-order valence-electron chi connectivity index (χ4n) is 1.81. The van der Waals surface area contributed by atoms with E-state index >= 15 is 0 Å². The van der Waals surface area contributed by atoms with Gasteiger partial charge in [-0.25, -0.2) is 0 Å². The molecule has 1 heterocycles. The number of pyridine rings is 1. The first-order valence-corrected chi connectivity index (χ1v) is 6.56. The molecule has 2 aromatic rings. The summed E-state index contributed by atoms with van der Waals surface area (Å²) in [6.45, 7) is 7.29. The Balaban J connectivity index is 2.00. The highest BCUT2D eigenvalue weighted by molar-refractivity contribution is 5.79. The maximum atomic E-state index is 4.42. The van der Waals surface area contributed by atoms with Gasteiger partial charge in [-0.15, -0.1) is 0 Å². The number of benzene rings is 1. The van der Waals surface area contributed by atoms with Crippen LogP contribution >= 0.6 is 0 Å². The number of hydrogen-bond acceptors (Lipinski definition) is 2. The molecule has 19 heavy (non-hydrogen) atoms. The Bertz CT molecular complexity index is 534. The lowest BCUT2D eigenvalue weighted by atomic mass is 9.87. The third-order valence-electron chi connectivity index (χ3n) is 3.00. The lowest BCUT2D eigenvalue weighted by Gasteiger charge is -2.18. The van der Waals surface area contributed by atoms with E-state index in [0.717, 1.165) is 11.3 Å². The van der Waals surface area contributed by atoms with E-state index in [0.29, 0.717) is 6.54 Å².